The molecule has 0 spiro atoms. The third-order valence-electron chi connectivity index (χ3n) is 2.50. The number of amides is 1. The normalized spacial score (nSPS) is 10.3. The van der Waals surface area contributed by atoms with Crippen molar-refractivity contribution in [1.29, 1.82) is 0 Å². The monoisotopic (exact) mass is 294 g/mol. The molecule has 5 heteroatoms. The fraction of sp³-hybridized carbons (Fsp3) is 0.143. The standard InChI is InChI=1S/C14H12Cl2N2O/c1-9-5-12(14(16)17-8-9)18-13(19)7-10-3-2-4-11(15)6-10/h2-6,8H,7H2,1H3,(H,18,19). The Bertz CT molecular complexity index is 614. The highest BCUT2D eigenvalue weighted by atomic mass is 35.5. The number of rotatable bonds is 3. The Hall–Kier alpha value is -1.58. The van der Waals surface area contributed by atoms with Crippen molar-refractivity contribution in [2.45, 2.75) is 13.3 Å². The number of carbonyl (C=O) groups is 1. The van der Waals surface area contributed by atoms with Crippen LogP contribution in [0.15, 0.2) is 36.5 Å². The van der Waals surface area contributed by atoms with Gasteiger partial charge >= 0.3 is 0 Å². The summed E-state index contributed by atoms with van der Waals surface area (Å²) >= 11 is 11.8. The quantitative estimate of drug-likeness (QED) is 0.873. The van der Waals surface area contributed by atoms with Gasteiger partial charge in [-0.05, 0) is 36.2 Å². The number of carbonyl (C=O) groups excluding carboxylic acids is 1. The lowest BCUT2D eigenvalue weighted by atomic mass is 10.1. The summed E-state index contributed by atoms with van der Waals surface area (Å²) in [6, 6.07) is 8.97. The minimum atomic E-state index is -0.156. The summed E-state index contributed by atoms with van der Waals surface area (Å²) < 4.78 is 0. The fourth-order valence-corrected chi connectivity index (χ4v) is 2.03. The predicted molar refractivity (Wildman–Crippen MR) is 77.8 cm³/mol. The Morgan fingerprint density at radius 1 is 1.32 bits per heavy atom. The first-order chi connectivity index (χ1) is 9.04. The first-order valence-corrected chi connectivity index (χ1v) is 6.46. The highest BCUT2D eigenvalue weighted by Gasteiger charge is 2.08. The Morgan fingerprint density at radius 3 is 2.84 bits per heavy atom. The molecule has 1 aromatic heterocycles. The highest BCUT2D eigenvalue weighted by molar-refractivity contribution is 6.32. The molecule has 0 unspecified atom stereocenters. The summed E-state index contributed by atoms with van der Waals surface area (Å²) in [4.78, 5) is 15.9. The molecular formula is C14H12Cl2N2O. The van der Waals surface area contributed by atoms with E-state index in [1.165, 1.54) is 0 Å². The lowest BCUT2D eigenvalue weighted by Gasteiger charge is -2.07. The van der Waals surface area contributed by atoms with Gasteiger partial charge in [0.25, 0.3) is 0 Å². The highest BCUT2D eigenvalue weighted by Crippen LogP contribution is 2.20. The number of hydrogen-bond acceptors (Lipinski definition) is 2. The summed E-state index contributed by atoms with van der Waals surface area (Å²) in [6.45, 7) is 1.88. The van der Waals surface area contributed by atoms with E-state index < -0.39 is 0 Å². The molecule has 1 aromatic carbocycles. The van der Waals surface area contributed by atoms with Crippen LogP contribution in [0.3, 0.4) is 0 Å². The Labute approximate surface area is 121 Å². The number of aromatic nitrogens is 1. The maximum Gasteiger partial charge on any atom is 0.228 e. The van der Waals surface area contributed by atoms with Crippen molar-refractivity contribution >= 4 is 34.8 Å². The molecule has 0 aliphatic carbocycles. The maximum atomic E-state index is 11.9. The second-order valence-electron chi connectivity index (χ2n) is 4.21. The van der Waals surface area contributed by atoms with Gasteiger partial charge in [0.2, 0.25) is 5.91 Å². The fourth-order valence-electron chi connectivity index (χ4n) is 1.67. The summed E-state index contributed by atoms with van der Waals surface area (Å²) in [5, 5.41) is 3.64. The molecule has 0 aliphatic heterocycles. The lowest BCUT2D eigenvalue weighted by Crippen LogP contribution is -2.15. The first kappa shape index (κ1) is 13.8. The van der Waals surface area contributed by atoms with Crippen LogP contribution in [0.25, 0.3) is 0 Å². The van der Waals surface area contributed by atoms with Gasteiger partial charge in [-0.25, -0.2) is 4.98 Å². The number of pyridine rings is 1. The third-order valence-corrected chi connectivity index (χ3v) is 3.04. The van der Waals surface area contributed by atoms with Crippen molar-refractivity contribution in [3.8, 4) is 0 Å². The molecule has 1 amide bonds. The Kier molecular flexibility index (Phi) is 4.40. The molecule has 1 N–H and O–H groups in total. The molecule has 0 atom stereocenters. The number of benzene rings is 1. The molecule has 0 radical (unpaired) electrons. The van der Waals surface area contributed by atoms with Gasteiger partial charge in [0.15, 0.2) is 5.15 Å². The van der Waals surface area contributed by atoms with E-state index >= 15 is 0 Å². The van der Waals surface area contributed by atoms with Crippen LogP contribution in [-0.4, -0.2) is 10.9 Å². The molecule has 0 saturated carbocycles. The van der Waals surface area contributed by atoms with Gasteiger partial charge in [0.05, 0.1) is 12.1 Å². The molecule has 2 aromatic rings. The Morgan fingerprint density at radius 2 is 2.11 bits per heavy atom. The zero-order valence-electron chi connectivity index (χ0n) is 10.3. The summed E-state index contributed by atoms with van der Waals surface area (Å²) in [6.07, 6.45) is 1.89. The van der Waals surface area contributed by atoms with Gasteiger partial charge in [0, 0.05) is 11.2 Å². The van der Waals surface area contributed by atoms with E-state index in [2.05, 4.69) is 10.3 Å². The van der Waals surface area contributed by atoms with Gasteiger partial charge in [-0.3, -0.25) is 4.79 Å². The number of halogens is 2. The van der Waals surface area contributed by atoms with E-state index in [1.807, 2.05) is 19.1 Å². The topological polar surface area (TPSA) is 42.0 Å². The third kappa shape index (κ3) is 3.94. The summed E-state index contributed by atoms with van der Waals surface area (Å²) in [7, 11) is 0. The van der Waals surface area contributed by atoms with Crippen LogP contribution < -0.4 is 5.32 Å². The SMILES string of the molecule is Cc1cnc(Cl)c(NC(=O)Cc2cccc(Cl)c2)c1. The van der Waals surface area contributed by atoms with Gasteiger partial charge in [-0.15, -0.1) is 0 Å². The lowest BCUT2D eigenvalue weighted by molar-refractivity contribution is -0.115. The smallest absolute Gasteiger partial charge is 0.228 e. The van der Waals surface area contributed by atoms with Crippen LogP contribution in [0.2, 0.25) is 10.2 Å². The molecule has 98 valence electrons. The van der Waals surface area contributed by atoms with E-state index in [0.717, 1.165) is 11.1 Å². The van der Waals surface area contributed by atoms with Gasteiger partial charge in [-0.1, -0.05) is 35.3 Å². The largest absolute Gasteiger partial charge is 0.323 e. The second kappa shape index (κ2) is 6.04. The maximum absolute atomic E-state index is 11.9. The van der Waals surface area contributed by atoms with E-state index in [4.69, 9.17) is 23.2 Å². The van der Waals surface area contributed by atoms with Crippen LogP contribution >= 0.6 is 23.2 Å². The van der Waals surface area contributed by atoms with Gasteiger partial charge in [-0.2, -0.15) is 0 Å². The van der Waals surface area contributed by atoms with Crippen LogP contribution in [0.1, 0.15) is 11.1 Å². The van der Waals surface area contributed by atoms with Crippen LogP contribution in [-0.2, 0) is 11.2 Å². The van der Waals surface area contributed by atoms with Gasteiger partial charge < -0.3 is 5.32 Å². The van der Waals surface area contributed by atoms with Crippen molar-refractivity contribution in [3.05, 3.63) is 57.8 Å². The summed E-state index contributed by atoms with van der Waals surface area (Å²) in [5.41, 5.74) is 2.30. The van der Waals surface area contributed by atoms with E-state index in [9.17, 15) is 4.79 Å². The molecule has 0 saturated heterocycles. The average molecular weight is 295 g/mol. The molecule has 1 heterocycles. The predicted octanol–water partition coefficient (Wildman–Crippen LogP) is 3.88. The molecule has 0 aliphatic rings. The molecule has 3 nitrogen and oxygen atoms in total. The van der Waals surface area contributed by atoms with Crippen molar-refractivity contribution in [1.82, 2.24) is 4.98 Å². The average Bonchev–Trinajstić information content (AvgIpc) is 2.34. The zero-order valence-corrected chi connectivity index (χ0v) is 11.8. The minimum Gasteiger partial charge on any atom is -0.323 e. The van der Waals surface area contributed by atoms with Crippen molar-refractivity contribution in [3.63, 3.8) is 0 Å². The number of anilines is 1. The molecule has 19 heavy (non-hydrogen) atoms. The van der Waals surface area contributed by atoms with Crippen LogP contribution in [0, 0.1) is 6.92 Å². The second-order valence-corrected chi connectivity index (χ2v) is 5.00. The number of aryl methyl sites for hydroxylation is 1. The van der Waals surface area contributed by atoms with Crippen molar-refractivity contribution in [2.75, 3.05) is 5.32 Å². The molecular weight excluding hydrogens is 283 g/mol. The summed E-state index contributed by atoms with van der Waals surface area (Å²) in [5.74, 6) is -0.156. The minimum absolute atomic E-state index is 0.156. The van der Waals surface area contributed by atoms with E-state index in [0.29, 0.717) is 10.7 Å². The van der Waals surface area contributed by atoms with Crippen LogP contribution in [0.5, 0.6) is 0 Å². The number of nitrogens with zero attached hydrogens (tertiary/aromatic N) is 1. The Balaban J connectivity index is 2.07. The molecule has 2 rings (SSSR count). The zero-order chi connectivity index (χ0) is 13.8. The van der Waals surface area contributed by atoms with Crippen LogP contribution in [0.4, 0.5) is 5.69 Å². The number of nitrogens with one attached hydrogen (secondary N) is 1. The number of hydrogen-bond donors (Lipinski definition) is 1. The molecule has 0 bridgehead atoms. The van der Waals surface area contributed by atoms with E-state index in [1.54, 1.807) is 24.4 Å². The van der Waals surface area contributed by atoms with E-state index in [-0.39, 0.29) is 17.5 Å². The molecule has 0 fully saturated rings. The van der Waals surface area contributed by atoms with Crippen molar-refractivity contribution in [2.24, 2.45) is 0 Å². The van der Waals surface area contributed by atoms with Gasteiger partial charge in [0.1, 0.15) is 0 Å². The first-order valence-electron chi connectivity index (χ1n) is 5.71. The van der Waals surface area contributed by atoms with Crippen molar-refractivity contribution < 1.29 is 4.79 Å².